The van der Waals surface area contributed by atoms with E-state index in [1.165, 1.54) is 30.3 Å². The fraction of sp³-hybridized carbons (Fsp3) is 0. The minimum absolute atomic E-state index is 0.234. The Labute approximate surface area is 102 Å². The molecule has 0 saturated heterocycles. The lowest BCUT2D eigenvalue weighted by atomic mass is 10.3. The molecule has 86 valence electrons. The Bertz CT molecular complexity index is 517. The number of rotatable bonds is 3. The van der Waals surface area contributed by atoms with Crippen molar-refractivity contribution < 1.29 is 9.18 Å². The van der Waals surface area contributed by atoms with Gasteiger partial charge in [0.05, 0.1) is 0 Å². The molecule has 1 aromatic heterocycles. The molecular weight excluding hydrogens is 237 g/mol. The first kappa shape index (κ1) is 11.5. The van der Waals surface area contributed by atoms with Crippen LogP contribution in [-0.2, 0) is 4.79 Å². The monoisotopic (exact) mass is 247 g/mol. The number of halogens is 1. The molecule has 1 heterocycles. The van der Waals surface area contributed by atoms with Crippen molar-refractivity contribution in [2.24, 2.45) is 0 Å². The van der Waals surface area contributed by atoms with E-state index in [1.54, 1.807) is 17.4 Å². The molecule has 0 atom stereocenters. The molecule has 1 amide bonds. The van der Waals surface area contributed by atoms with Gasteiger partial charge in [-0.15, -0.1) is 0 Å². The van der Waals surface area contributed by atoms with Crippen molar-refractivity contribution in [1.82, 2.24) is 0 Å². The van der Waals surface area contributed by atoms with Crippen molar-refractivity contribution in [3.8, 4) is 0 Å². The van der Waals surface area contributed by atoms with Gasteiger partial charge in [-0.05, 0) is 52.7 Å². The molecule has 2 nitrogen and oxygen atoms in total. The molecule has 0 unspecified atom stereocenters. The van der Waals surface area contributed by atoms with Gasteiger partial charge in [0.25, 0.3) is 0 Å². The number of hydrogen-bond acceptors (Lipinski definition) is 2. The van der Waals surface area contributed by atoms with Gasteiger partial charge in [-0.25, -0.2) is 4.39 Å². The molecule has 0 radical (unpaired) electrons. The van der Waals surface area contributed by atoms with Crippen molar-refractivity contribution in [2.45, 2.75) is 0 Å². The topological polar surface area (TPSA) is 29.1 Å². The van der Waals surface area contributed by atoms with Crippen LogP contribution in [0.15, 0.2) is 47.2 Å². The van der Waals surface area contributed by atoms with Crippen LogP contribution in [0.5, 0.6) is 0 Å². The van der Waals surface area contributed by atoms with Gasteiger partial charge in [0.15, 0.2) is 0 Å². The maximum Gasteiger partial charge on any atom is 0.248 e. The van der Waals surface area contributed by atoms with Gasteiger partial charge in [0.1, 0.15) is 5.82 Å². The molecule has 0 fully saturated rings. The minimum atomic E-state index is -0.322. The number of anilines is 1. The summed E-state index contributed by atoms with van der Waals surface area (Å²) in [5, 5.41) is 6.53. The summed E-state index contributed by atoms with van der Waals surface area (Å²) in [7, 11) is 0. The SMILES string of the molecule is O=C(/C=C/c1ccsc1)Nc1ccc(F)cc1. The van der Waals surface area contributed by atoms with Crippen LogP contribution in [0.3, 0.4) is 0 Å². The molecule has 2 aromatic rings. The van der Waals surface area contributed by atoms with Crippen molar-refractivity contribution in [2.75, 3.05) is 5.32 Å². The number of carbonyl (C=O) groups excluding carboxylic acids is 1. The number of nitrogens with one attached hydrogen (secondary N) is 1. The van der Waals surface area contributed by atoms with Gasteiger partial charge in [-0.1, -0.05) is 0 Å². The summed E-state index contributed by atoms with van der Waals surface area (Å²) >= 11 is 1.57. The lowest BCUT2D eigenvalue weighted by molar-refractivity contribution is -0.111. The first-order chi connectivity index (χ1) is 8.24. The maximum atomic E-state index is 12.6. The third-order valence-electron chi connectivity index (χ3n) is 2.08. The molecule has 0 aliphatic heterocycles. The zero-order chi connectivity index (χ0) is 12.1. The Hall–Kier alpha value is -1.94. The van der Waals surface area contributed by atoms with E-state index in [2.05, 4.69) is 5.32 Å². The lowest BCUT2D eigenvalue weighted by Crippen LogP contribution is -2.07. The molecule has 17 heavy (non-hydrogen) atoms. The summed E-state index contributed by atoms with van der Waals surface area (Å²) in [5.74, 6) is -0.556. The van der Waals surface area contributed by atoms with Crippen LogP contribution in [0, 0.1) is 5.82 Å². The molecule has 0 bridgehead atoms. The largest absolute Gasteiger partial charge is 0.323 e. The second-order valence-electron chi connectivity index (χ2n) is 3.39. The lowest BCUT2D eigenvalue weighted by Gasteiger charge is -2.00. The van der Waals surface area contributed by atoms with E-state index in [9.17, 15) is 9.18 Å². The van der Waals surface area contributed by atoms with Crippen molar-refractivity contribution >= 4 is 29.0 Å². The van der Waals surface area contributed by atoms with Crippen molar-refractivity contribution in [1.29, 1.82) is 0 Å². The number of benzene rings is 1. The molecule has 0 spiro atoms. The average Bonchev–Trinajstić information content (AvgIpc) is 2.83. The van der Waals surface area contributed by atoms with E-state index in [4.69, 9.17) is 0 Å². The van der Waals surface area contributed by atoms with E-state index in [-0.39, 0.29) is 11.7 Å². The van der Waals surface area contributed by atoms with Crippen molar-refractivity contribution in [3.05, 3.63) is 58.5 Å². The fourth-order valence-corrected chi connectivity index (χ4v) is 1.89. The molecule has 1 aromatic carbocycles. The highest BCUT2D eigenvalue weighted by Gasteiger charge is 1.97. The minimum Gasteiger partial charge on any atom is -0.323 e. The Balaban J connectivity index is 1.95. The van der Waals surface area contributed by atoms with Crippen LogP contribution >= 0.6 is 11.3 Å². The number of amides is 1. The second kappa shape index (κ2) is 5.41. The summed E-state index contributed by atoms with van der Waals surface area (Å²) in [5.41, 5.74) is 1.57. The summed E-state index contributed by atoms with van der Waals surface area (Å²) in [4.78, 5) is 11.5. The highest BCUT2D eigenvalue weighted by molar-refractivity contribution is 7.08. The quantitative estimate of drug-likeness (QED) is 0.826. The van der Waals surface area contributed by atoms with Crippen LogP contribution < -0.4 is 5.32 Å². The van der Waals surface area contributed by atoms with Gasteiger partial charge >= 0.3 is 0 Å². The highest BCUT2D eigenvalue weighted by Crippen LogP contribution is 2.10. The first-order valence-corrected chi connectivity index (χ1v) is 5.95. The third kappa shape index (κ3) is 3.53. The summed E-state index contributed by atoms with van der Waals surface area (Å²) < 4.78 is 12.6. The Morgan fingerprint density at radius 3 is 2.65 bits per heavy atom. The van der Waals surface area contributed by atoms with Crippen LogP contribution in [0.1, 0.15) is 5.56 Å². The average molecular weight is 247 g/mol. The second-order valence-corrected chi connectivity index (χ2v) is 4.17. The summed E-state index contributed by atoms with van der Waals surface area (Å²) in [6, 6.07) is 7.57. The number of carbonyl (C=O) groups is 1. The Morgan fingerprint density at radius 1 is 1.24 bits per heavy atom. The summed E-state index contributed by atoms with van der Waals surface area (Å²) in [6.07, 6.45) is 3.18. The van der Waals surface area contributed by atoms with E-state index in [1.807, 2.05) is 16.8 Å². The van der Waals surface area contributed by atoms with Crippen LogP contribution in [0.25, 0.3) is 6.08 Å². The standard InChI is InChI=1S/C13H10FNOS/c14-11-2-4-12(5-3-11)15-13(16)6-1-10-7-8-17-9-10/h1-9H,(H,15,16)/b6-1+. The van der Waals surface area contributed by atoms with E-state index >= 15 is 0 Å². The zero-order valence-corrected chi connectivity index (χ0v) is 9.71. The summed E-state index contributed by atoms with van der Waals surface area (Å²) in [6.45, 7) is 0. The van der Waals surface area contributed by atoms with E-state index < -0.39 is 0 Å². The van der Waals surface area contributed by atoms with Gasteiger partial charge in [0.2, 0.25) is 5.91 Å². The predicted octanol–water partition coefficient (Wildman–Crippen LogP) is 3.54. The van der Waals surface area contributed by atoms with Gasteiger partial charge in [-0.2, -0.15) is 11.3 Å². The molecule has 2 rings (SSSR count). The van der Waals surface area contributed by atoms with Crippen LogP contribution in [0.4, 0.5) is 10.1 Å². The van der Waals surface area contributed by atoms with Gasteiger partial charge in [0, 0.05) is 11.8 Å². The van der Waals surface area contributed by atoms with Gasteiger partial charge in [-0.3, -0.25) is 4.79 Å². The Morgan fingerprint density at radius 2 is 2.00 bits per heavy atom. The number of hydrogen-bond donors (Lipinski definition) is 1. The smallest absolute Gasteiger partial charge is 0.248 e. The predicted molar refractivity (Wildman–Crippen MR) is 68.4 cm³/mol. The number of thiophene rings is 1. The Kier molecular flexibility index (Phi) is 3.67. The van der Waals surface area contributed by atoms with Gasteiger partial charge < -0.3 is 5.32 Å². The molecule has 0 aliphatic carbocycles. The first-order valence-electron chi connectivity index (χ1n) is 5.01. The molecule has 4 heteroatoms. The fourth-order valence-electron chi connectivity index (χ4n) is 1.26. The zero-order valence-electron chi connectivity index (χ0n) is 8.89. The molecule has 0 aliphatic rings. The van der Waals surface area contributed by atoms with Crippen molar-refractivity contribution in [3.63, 3.8) is 0 Å². The molecular formula is C13H10FNOS. The normalized spacial score (nSPS) is 10.6. The molecule has 0 saturated carbocycles. The third-order valence-corrected chi connectivity index (χ3v) is 2.78. The highest BCUT2D eigenvalue weighted by atomic mass is 32.1. The van der Waals surface area contributed by atoms with E-state index in [0.29, 0.717) is 5.69 Å². The van der Waals surface area contributed by atoms with Crippen LogP contribution in [0.2, 0.25) is 0 Å². The van der Waals surface area contributed by atoms with Crippen LogP contribution in [-0.4, -0.2) is 5.91 Å². The van der Waals surface area contributed by atoms with E-state index in [0.717, 1.165) is 5.56 Å². The maximum absolute atomic E-state index is 12.6. The molecule has 1 N–H and O–H groups in total.